The van der Waals surface area contributed by atoms with Gasteiger partial charge in [0.05, 0.1) is 5.38 Å². The summed E-state index contributed by atoms with van der Waals surface area (Å²) in [4.78, 5) is 3.48. The molecular formula is C11H13ClN2. The van der Waals surface area contributed by atoms with Crippen molar-refractivity contribution in [1.82, 2.24) is 10.3 Å². The number of nitrogens with one attached hydrogen (secondary N) is 2. The quantitative estimate of drug-likeness (QED) is 0.630. The summed E-state index contributed by atoms with van der Waals surface area (Å²) < 4.78 is 0. The second-order valence-electron chi connectivity index (χ2n) is 3.94. The number of H-pyrrole nitrogens is 1. The van der Waals surface area contributed by atoms with Gasteiger partial charge in [-0.3, -0.25) is 0 Å². The van der Waals surface area contributed by atoms with Crippen molar-refractivity contribution in [3.63, 3.8) is 0 Å². The van der Waals surface area contributed by atoms with Gasteiger partial charge in [-0.2, -0.15) is 0 Å². The van der Waals surface area contributed by atoms with Crippen LogP contribution in [0.25, 0.3) is 6.08 Å². The monoisotopic (exact) mass is 208 g/mol. The fourth-order valence-corrected chi connectivity index (χ4v) is 2.61. The van der Waals surface area contributed by atoms with Crippen molar-refractivity contribution in [2.45, 2.75) is 24.8 Å². The van der Waals surface area contributed by atoms with E-state index in [1.807, 2.05) is 0 Å². The number of alkyl halides is 1. The molecule has 0 amide bonds. The minimum absolute atomic E-state index is 0.139. The van der Waals surface area contributed by atoms with Crippen molar-refractivity contribution in [1.29, 1.82) is 0 Å². The molecule has 1 atom stereocenters. The highest BCUT2D eigenvalue weighted by atomic mass is 35.5. The predicted molar refractivity (Wildman–Crippen MR) is 58.4 cm³/mol. The van der Waals surface area contributed by atoms with Crippen molar-refractivity contribution >= 4 is 17.7 Å². The van der Waals surface area contributed by atoms with E-state index in [9.17, 15) is 0 Å². The van der Waals surface area contributed by atoms with E-state index in [-0.39, 0.29) is 5.38 Å². The summed E-state index contributed by atoms with van der Waals surface area (Å²) in [7, 11) is 0. The van der Waals surface area contributed by atoms with E-state index in [2.05, 4.69) is 22.5 Å². The Balaban J connectivity index is 2.16. The number of hydrogen-bond donors (Lipinski definition) is 2. The van der Waals surface area contributed by atoms with Gasteiger partial charge in [0, 0.05) is 36.5 Å². The van der Waals surface area contributed by atoms with Gasteiger partial charge in [0.25, 0.3) is 0 Å². The Labute approximate surface area is 88.3 Å². The van der Waals surface area contributed by atoms with Crippen LogP contribution in [0.1, 0.15) is 34.3 Å². The maximum absolute atomic E-state index is 6.26. The third-order valence-electron chi connectivity index (χ3n) is 3.06. The van der Waals surface area contributed by atoms with Gasteiger partial charge < -0.3 is 10.3 Å². The molecule has 1 aromatic heterocycles. The smallest absolute Gasteiger partial charge is 0.0775 e. The third-order valence-corrected chi connectivity index (χ3v) is 3.46. The molecule has 3 heteroatoms. The van der Waals surface area contributed by atoms with Crippen LogP contribution in [0.5, 0.6) is 0 Å². The van der Waals surface area contributed by atoms with E-state index in [0.29, 0.717) is 0 Å². The van der Waals surface area contributed by atoms with Crippen molar-refractivity contribution in [3.8, 4) is 0 Å². The molecule has 2 nitrogen and oxygen atoms in total. The minimum atomic E-state index is 0.139. The van der Waals surface area contributed by atoms with Crippen LogP contribution in [0.3, 0.4) is 0 Å². The van der Waals surface area contributed by atoms with Crippen LogP contribution >= 0.6 is 11.6 Å². The Hall–Kier alpha value is -0.730. The van der Waals surface area contributed by atoms with Gasteiger partial charge in [-0.05, 0) is 12.0 Å². The number of aromatic nitrogens is 1. The summed E-state index contributed by atoms with van der Waals surface area (Å²) >= 11 is 6.26. The number of fused-ring (bicyclic) bond motifs is 3. The van der Waals surface area contributed by atoms with Crippen molar-refractivity contribution in [2.75, 3.05) is 6.54 Å². The lowest BCUT2D eigenvalue weighted by molar-refractivity contribution is 0.637. The molecule has 2 N–H and O–H groups in total. The number of aromatic amines is 1. The Morgan fingerprint density at radius 1 is 1.43 bits per heavy atom. The van der Waals surface area contributed by atoms with Gasteiger partial charge in [0.15, 0.2) is 0 Å². The van der Waals surface area contributed by atoms with Gasteiger partial charge in [0.1, 0.15) is 0 Å². The Bertz CT molecular complexity index is 392. The molecule has 0 saturated carbocycles. The van der Waals surface area contributed by atoms with Gasteiger partial charge in [-0.25, -0.2) is 0 Å². The summed E-state index contributed by atoms with van der Waals surface area (Å²) in [5.41, 5.74) is 5.36. The standard InChI is InChI=1S/C11H13ClN2/c12-9-3-1-2-7-8-6-13-5-4-10(8)14-11(7)9/h1-2,9,13-14H,3-6H2. The summed E-state index contributed by atoms with van der Waals surface area (Å²) in [6.07, 6.45) is 6.42. The zero-order valence-corrected chi connectivity index (χ0v) is 8.69. The van der Waals surface area contributed by atoms with Crippen LogP contribution in [0.15, 0.2) is 6.08 Å². The Kier molecular flexibility index (Phi) is 1.92. The topological polar surface area (TPSA) is 27.8 Å². The normalized spacial score (nSPS) is 24.5. The molecule has 74 valence electrons. The first-order chi connectivity index (χ1) is 6.86. The molecule has 3 rings (SSSR count). The lowest BCUT2D eigenvalue weighted by Gasteiger charge is -2.14. The van der Waals surface area contributed by atoms with Crippen LogP contribution in [0.2, 0.25) is 0 Å². The minimum Gasteiger partial charge on any atom is -0.360 e. The Morgan fingerprint density at radius 2 is 2.36 bits per heavy atom. The van der Waals surface area contributed by atoms with Gasteiger partial charge in [-0.15, -0.1) is 11.6 Å². The summed E-state index contributed by atoms with van der Waals surface area (Å²) in [6.45, 7) is 2.05. The third kappa shape index (κ3) is 1.14. The summed E-state index contributed by atoms with van der Waals surface area (Å²) in [5.74, 6) is 0. The maximum Gasteiger partial charge on any atom is 0.0775 e. The summed E-state index contributed by atoms with van der Waals surface area (Å²) in [6, 6.07) is 0. The molecule has 1 aromatic rings. The fourth-order valence-electron chi connectivity index (χ4n) is 2.33. The van der Waals surface area contributed by atoms with Crippen molar-refractivity contribution < 1.29 is 0 Å². The molecule has 1 unspecified atom stereocenters. The lowest BCUT2D eigenvalue weighted by Crippen LogP contribution is -2.23. The van der Waals surface area contributed by atoms with Crippen LogP contribution in [-0.4, -0.2) is 11.5 Å². The van der Waals surface area contributed by atoms with Crippen LogP contribution in [-0.2, 0) is 13.0 Å². The maximum atomic E-state index is 6.26. The van der Waals surface area contributed by atoms with E-state index in [0.717, 1.165) is 25.9 Å². The first-order valence-electron chi connectivity index (χ1n) is 5.11. The predicted octanol–water partition coefficient (Wildman–Crippen LogP) is 2.36. The molecule has 0 radical (unpaired) electrons. The number of allylic oxidation sites excluding steroid dienone is 1. The van der Waals surface area contributed by atoms with E-state index >= 15 is 0 Å². The highest BCUT2D eigenvalue weighted by Gasteiger charge is 2.23. The highest BCUT2D eigenvalue weighted by molar-refractivity contribution is 6.21. The number of halogens is 1. The number of rotatable bonds is 0. The number of hydrogen-bond acceptors (Lipinski definition) is 1. The second kappa shape index (κ2) is 3.14. The molecule has 0 saturated heterocycles. The van der Waals surface area contributed by atoms with Crippen LogP contribution < -0.4 is 5.32 Å². The zero-order valence-electron chi connectivity index (χ0n) is 7.94. The first kappa shape index (κ1) is 8.57. The second-order valence-corrected chi connectivity index (χ2v) is 4.47. The zero-order chi connectivity index (χ0) is 9.54. The molecule has 14 heavy (non-hydrogen) atoms. The molecule has 1 aliphatic heterocycles. The largest absolute Gasteiger partial charge is 0.360 e. The van der Waals surface area contributed by atoms with Crippen LogP contribution in [0, 0.1) is 0 Å². The molecule has 2 aliphatic rings. The van der Waals surface area contributed by atoms with Gasteiger partial charge >= 0.3 is 0 Å². The van der Waals surface area contributed by atoms with E-state index in [4.69, 9.17) is 11.6 Å². The van der Waals surface area contributed by atoms with Gasteiger partial charge in [0.2, 0.25) is 0 Å². The average molecular weight is 209 g/mol. The average Bonchev–Trinajstić information content (AvgIpc) is 2.59. The molecule has 0 bridgehead atoms. The highest BCUT2D eigenvalue weighted by Crippen LogP contribution is 2.36. The fraction of sp³-hybridized carbons (Fsp3) is 0.455. The molecule has 0 fully saturated rings. The Morgan fingerprint density at radius 3 is 3.29 bits per heavy atom. The van der Waals surface area contributed by atoms with E-state index in [1.165, 1.54) is 22.5 Å². The summed E-state index contributed by atoms with van der Waals surface area (Å²) in [5, 5.41) is 3.53. The van der Waals surface area contributed by atoms with Crippen molar-refractivity contribution in [2.24, 2.45) is 0 Å². The molecule has 0 spiro atoms. The van der Waals surface area contributed by atoms with Crippen LogP contribution in [0.4, 0.5) is 0 Å². The SMILES string of the molecule is ClC1CC=Cc2c1[nH]c1c2CNCC1. The molecule has 1 aliphatic carbocycles. The van der Waals surface area contributed by atoms with Crippen molar-refractivity contribution in [3.05, 3.63) is 28.6 Å². The van der Waals surface area contributed by atoms with E-state index in [1.54, 1.807) is 0 Å². The lowest BCUT2D eigenvalue weighted by atomic mass is 9.98. The molecular weight excluding hydrogens is 196 g/mol. The molecule has 2 heterocycles. The van der Waals surface area contributed by atoms with E-state index < -0.39 is 0 Å². The van der Waals surface area contributed by atoms with Gasteiger partial charge in [-0.1, -0.05) is 12.2 Å². The first-order valence-corrected chi connectivity index (χ1v) is 5.55. The molecule has 0 aromatic carbocycles.